The molecule has 2 nitrogen and oxygen atoms in total. The Balaban J connectivity index is 1.55. The van der Waals surface area contributed by atoms with Crippen LogP contribution >= 0.6 is 15.9 Å². The molecule has 0 amide bonds. The fourth-order valence-electron chi connectivity index (χ4n) is 4.75. The van der Waals surface area contributed by atoms with Crippen LogP contribution in [0.4, 0.5) is 34.1 Å². The lowest BCUT2D eigenvalue weighted by atomic mass is 10.1. The van der Waals surface area contributed by atoms with Crippen molar-refractivity contribution in [1.82, 2.24) is 0 Å². The van der Waals surface area contributed by atoms with Gasteiger partial charge in [-0.1, -0.05) is 91.0 Å². The van der Waals surface area contributed by atoms with E-state index in [1.807, 2.05) is 0 Å². The first-order valence-electron chi connectivity index (χ1n) is 12.3. The molecule has 0 saturated heterocycles. The first-order valence-corrected chi connectivity index (χ1v) is 13.1. The van der Waals surface area contributed by atoms with Gasteiger partial charge in [0, 0.05) is 22.7 Å². The first kappa shape index (κ1) is 23.1. The van der Waals surface area contributed by atoms with E-state index >= 15 is 0 Å². The van der Waals surface area contributed by atoms with Gasteiger partial charge in [-0.2, -0.15) is 0 Å². The second-order valence-electron chi connectivity index (χ2n) is 8.82. The van der Waals surface area contributed by atoms with Gasteiger partial charge < -0.3 is 9.80 Å². The van der Waals surface area contributed by atoms with Crippen molar-refractivity contribution in [3.8, 4) is 0 Å². The highest BCUT2D eigenvalue weighted by Gasteiger charge is 2.21. The van der Waals surface area contributed by atoms with Crippen LogP contribution in [0.2, 0.25) is 0 Å². The molecule has 0 bridgehead atoms. The predicted molar refractivity (Wildman–Crippen MR) is 161 cm³/mol. The van der Waals surface area contributed by atoms with Gasteiger partial charge in [-0.25, -0.2) is 0 Å². The molecule has 0 aliphatic carbocycles. The number of nitrogens with zero attached hydrogens (tertiary/aromatic N) is 2. The van der Waals surface area contributed by atoms with E-state index in [2.05, 4.69) is 177 Å². The Morgan fingerprint density at radius 1 is 0.351 bits per heavy atom. The van der Waals surface area contributed by atoms with Crippen LogP contribution < -0.4 is 9.80 Å². The minimum Gasteiger partial charge on any atom is -0.309 e. The molecule has 37 heavy (non-hydrogen) atoms. The largest absolute Gasteiger partial charge is 0.309 e. The van der Waals surface area contributed by atoms with Crippen molar-refractivity contribution >= 4 is 60.8 Å². The number of hydrogen-bond donors (Lipinski definition) is 0. The molecule has 0 spiro atoms. The molecular formula is C34H25BrN2. The maximum atomic E-state index is 4.04. The van der Waals surface area contributed by atoms with Gasteiger partial charge in [0.25, 0.3) is 0 Å². The third-order valence-electron chi connectivity index (χ3n) is 6.47. The Bertz CT molecular complexity index is 1590. The van der Waals surface area contributed by atoms with Crippen LogP contribution in [0.3, 0.4) is 0 Å². The van der Waals surface area contributed by atoms with Gasteiger partial charge in [-0.3, -0.25) is 0 Å². The summed E-state index contributed by atoms with van der Waals surface area (Å²) in [5, 5.41) is 2.44. The van der Waals surface area contributed by atoms with E-state index in [0.29, 0.717) is 0 Å². The number of halogens is 1. The van der Waals surface area contributed by atoms with Crippen LogP contribution in [0, 0.1) is 0 Å². The Labute approximate surface area is 226 Å². The summed E-state index contributed by atoms with van der Waals surface area (Å²) in [6.45, 7) is 0. The molecule has 0 aliphatic heterocycles. The second kappa shape index (κ2) is 10.3. The fourth-order valence-corrected chi connectivity index (χ4v) is 5.37. The summed E-state index contributed by atoms with van der Waals surface area (Å²) in [4.78, 5) is 4.60. The van der Waals surface area contributed by atoms with Crippen molar-refractivity contribution in [2.45, 2.75) is 0 Å². The summed E-state index contributed by atoms with van der Waals surface area (Å²) in [6.07, 6.45) is 0. The minimum absolute atomic E-state index is 1.01. The highest BCUT2D eigenvalue weighted by atomic mass is 79.9. The van der Waals surface area contributed by atoms with Crippen molar-refractivity contribution in [2.75, 3.05) is 9.80 Å². The lowest BCUT2D eigenvalue weighted by Gasteiger charge is -2.31. The van der Waals surface area contributed by atoms with Gasteiger partial charge in [0.2, 0.25) is 0 Å². The van der Waals surface area contributed by atoms with Crippen LogP contribution in [0.15, 0.2) is 156 Å². The average Bonchev–Trinajstić information content (AvgIpc) is 2.97. The van der Waals surface area contributed by atoms with Crippen LogP contribution in [0.5, 0.6) is 0 Å². The van der Waals surface area contributed by atoms with Gasteiger partial charge >= 0.3 is 0 Å². The number of anilines is 6. The zero-order valence-corrected chi connectivity index (χ0v) is 21.8. The van der Waals surface area contributed by atoms with Crippen LogP contribution in [-0.2, 0) is 0 Å². The summed E-state index contributed by atoms with van der Waals surface area (Å²) in [5.74, 6) is 0. The van der Waals surface area contributed by atoms with Crippen molar-refractivity contribution in [1.29, 1.82) is 0 Å². The number of benzene rings is 6. The molecular weight excluding hydrogens is 516 g/mol. The number of rotatable bonds is 6. The predicted octanol–water partition coefficient (Wildman–Crippen LogP) is 10.5. The summed E-state index contributed by atoms with van der Waals surface area (Å²) in [7, 11) is 0. The average molecular weight is 541 g/mol. The maximum Gasteiger partial charge on any atom is 0.0656 e. The number of para-hydroxylation sites is 3. The molecule has 0 heterocycles. The first-order chi connectivity index (χ1) is 18.3. The summed E-state index contributed by atoms with van der Waals surface area (Å²) >= 11 is 4.04. The molecule has 0 N–H and O–H groups in total. The monoisotopic (exact) mass is 540 g/mol. The molecule has 6 aromatic rings. The van der Waals surface area contributed by atoms with Crippen LogP contribution in [-0.4, -0.2) is 0 Å². The SMILES string of the molecule is Brc1c(N(c2ccccc2)c2ccccc2)cccc1N(c1ccccc1)c1ccc2ccccc2c1. The molecule has 0 radical (unpaired) electrons. The highest BCUT2D eigenvalue weighted by Crippen LogP contribution is 2.46. The van der Waals surface area contributed by atoms with Crippen LogP contribution in [0.25, 0.3) is 10.8 Å². The van der Waals surface area contributed by atoms with Crippen molar-refractivity contribution < 1.29 is 0 Å². The molecule has 0 atom stereocenters. The van der Waals surface area contributed by atoms with E-state index < -0.39 is 0 Å². The Morgan fingerprint density at radius 3 is 1.30 bits per heavy atom. The van der Waals surface area contributed by atoms with Gasteiger partial charge in [0.15, 0.2) is 0 Å². The molecule has 0 aromatic heterocycles. The van der Waals surface area contributed by atoms with E-state index in [1.165, 1.54) is 10.8 Å². The summed E-state index contributed by atoms with van der Waals surface area (Å²) in [6, 6.07) is 53.1. The van der Waals surface area contributed by atoms with Gasteiger partial charge in [0.05, 0.1) is 15.8 Å². The Morgan fingerprint density at radius 2 is 0.784 bits per heavy atom. The second-order valence-corrected chi connectivity index (χ2v) is 9.61. The van der Waals surface area contributed by atoms with Crippen molar-refractivity contribution in [2.24, 2.45) is 0 Å². The third kappa shape index (κ3) is 4.62. The maximum absolute atomic E-state index is 4.04. The highest BCUT2D eigenvalue weighted by molar-refractivity contribution is 9.10. The molecule has 3 heteroatoms. The zero-order chi connectivity index (χ0) is 25.0. The molecule has 178 valence electrons. The van der Waals surface area contributed by atoms with E-state index in [0.717, 1.165) is 38.6 Å². The third-order valence-corrected chi connectivity index (χ3v) is 7.29. The smallest absolute Gasteiger partial charge is 0.0656 e. The van der Waals surface area contributed by atoms with Gasteiger partial charge in [-0.05, 0) is 87.4 Å². The van der Waals surface area contributed by atoms with Crippen molar-refractivity contribution in [3.05, 3.63) is 156 Å². The fraction of sp³-hybridized carbons (Fsp3) is 0. The van der Waals surface area contributed by atoms with Crippen molar-refractivity contribution in [3.63, 3.8) is 0 Å². The van der Waals surface area contributed by atoms with E-state index in [9.17, 15) is 0 Å². The lowest BCUT2D eigenvalue weighted by molar-refractivity contribution is 1.24. The Kier molecular flexibility index (Phi) is 6.45. The lowest BCUT2D eigenvalue weighted by Crippen LogP contribution is -2.14. The number of fused-ring (bicyclic) bond motifs is 1. The normalized spacial score (nSPS) is 10.8. The summed E-state index contributed by atoms with van der Waals surface area (Å²) < 4.78 is 1.01. The minimum atomic E-state index is 1.01. The number of hydrogen-bond acceptors (Lipinski definition) is 2. The Hall–Kier alpha value is -4.34. The topological polar surface area (TPSA) is 6.48 Å². The molecule has 0 aliphatic rings. The van der Waals surface area contributed by atoms with E-state index in [1.54, 1.807) is 0 Å². The molecule has 0 unspecified atom stereocenters. The molecule has 6 rings (SSSR count). The summed E-state index contributed by atoms with van der Waals surface area (Å²) in [5.41, 5.74) is 6.54. The quantitative estimate of drug-likeness (QED) is 0.207. The standard InChI is InChI=1S/C34H25BrN2/c35-34-32(36(28-15-4-1-5-16-28)29-17-6-2-7-18-29)21-12-22-33(34)37(30-19-8-3-9-20-30)31-24-23-26-13-10-11-14-27(26)25-31/h1-25H. The van der Waals surface area contributed by atoms with Crippen LogP contribution in [0.1, 0.15) is 0 Å². The zero-order valence-electron chi connectivity index (χ0n) is 20.2. The molecule has 6 aromatic carbocycles. The molecule has 0 saturated carbocycles. The van der Waals surface area contributed by atoms with E-state index in [4.69, 9.17) is 0 Å². The van der Waals surface area contributed by atoms with Gasteiger partial charge in [0.1, 0.15) is 0 Å². The molecule has 0 fully saturated rings. The van der Waals surface area contributed by atoms with Gasteiger partial charge in [-0.15, -0.1) is 0 Å². The van der Waals surface area contributed by atoms with E-state index in [-0.39, 0.29) is 0 Å².